The maximum atomic E-state index is 12.5. The summed E-state index contributed by atoms with van der Waals surface area (Å²) < 4.78 is 0.934. The van der Waals surface area contributed by atoms with Gasteiger partial charge in [0.15, 0.2) is 17.3 Å². The Morgan fingerprint density at radius 2 is 2.00 bits per heavy atom. The lowest BCUT2D eigenvalue weighted by atomic mass is 10.2. The topological polar surface area (TPSA) is 108 Å². The van der Waals surface area contributed by atoms with Crippen LogP contribution in [-0.2, 0) is 9.59 Å². The molecule has 1 aliphatic heterocycles. The predicted molar refractivity (Wildman–Crippen MR) is 116 cm³/mol. The van der Waals surface area contributed by atoms with Crippen LogP contribution >= 0.6 is 27.7 Å². The number of carbonyl (C=O) groups is 3. The second-order valence-corrected chi connectivity index (χ2v) is 9.15. The van der Waals surface area contributed by atoms with E-state index in [1.54, 1.807) is 18.3 Å². The number of benzene rings is 1. The normalized spacial score (nSPS) is 18.7. The molecule has 10 heteroatoms. The monoisotopic (exact) mass is 487 g/mol. The van der Waals surface area contributed by atoms with Crippen LogP contribution in [0.25, 0.3) is 11.2 Å². The Morgan fingerprint density at radius 3 is 2.73 bits per heavy atom. The molecule has 2 unspecified atom stereocenters. The van der Waals surface area contributed by atoms with Crippen molar-refractivity contribution >= 4 is 56.5 Å². The number of nitrogens with one attached hydrogen (secondary N) is 2. The zero-order chi connectivity index (χ0) is 21.3. The zero-order valence-electron chi connectivity index (χ0n) is 16.0. The van der Waals surface area contributed by atoms with E-state index in [0.717, 1.165) is 10.0 Å². The highest BCUT2D eigenvalue weighted by atomic mass is 79.9. The van der Waals surface area contributed by atoms with Gasteiger partial charge in [-0.25, -0.2) is 15.0 Å². The van der Waals surface area contributed by atoms with Gasteiger partial charge in [-0.2, -0.15) is 0 Å². The highest BCUT2D eigenvalue weighted by Gasteiger charge is 2.39. The van der Waals surface area contributed by atoms with Crippen LogP contribution in [-0.4, -0.2) is 42.8 Å². The van der Waals surface area contributed by atoms with Gasteiger partial charge in [-0.05, 0) is 36.8 Å². The minimum absolute atomic E-state index is 0.0284. The van der Waals surface area contributed by atoms with Crippen molar-refractivity contribution in [3.8, 4) is 0 Å². The molecule has 154 valence electrons. The Balaban J connectivity index is 1.39. The molecule has 0 radical (unpaired) electrons. The molecule has 3 aromatic rings. The molecule has 0 spiro atoms. The van der Waals surface area contributed by atoms with Crippen LogP contribution in [0.1, 0.15) is 41.3 Å². The van der Waals surface area contributed by atoms with Gasteiger partial charge in [-0.15, -0.1) is 11.8 Å². The van der Waals surface area contributed by atoms with Crippen molar-refractivity contribution in [2.24, 2.45) is 0 Å². The number of hydrazine groups is 1. The Bertz CT molecular complexity index is 1080. The van der Waals surface area contributed by atoms with Gasteiger partial charge in [0.2, 0.25) is 5.91 Å². The standard InChI is InChI=1S/C20H18BrN5O3S/c1-11-19(29)26(20(30-11)12-4-6-13(21)7-5-12)25-16(28)9-8-15(27)18-23-14-3-2-10-22-17(14)24-18/h2-7,10-11,20H,8-9H2,1H3,(H,25,28)(H,22,23,24). The van der Waals surface area contributed by atoms with Gasteiger partial charge in [0, 0.05) is 23.5 Å². The van der Waals surface area contributed by atoms with Crippen LogP contribution in [0.4, 0.5) is 0 Å². The molecule has 1 aliphatic rings. The molecule has 30 heavy (non-hydrogen) atoms. The fourth-order valence-corrected chi connectivity index (χ4v) is 4.58. The molecule has 1 fully saturated rings. The van der Waals surface area contributed by atoms with Crippen molar-refractivity contribution in [2.75, 3.05) is 0 Å². The van der Waals surface area contributed by atoms with Crippen LogP contribution < -0.4 is 5.43 Å². The Hall–Kier alpha value is -2.72. The van der Waals surface area contributed by atoms with Gasteiger partial charge in [-0.1, -0.05) is 28.1 Å². The summed E-state index contributed by atoms with van der Waals surface area (Å²) in [6.45, 7) is 1.81. The number of amides is 2. The number of nitrogens with zero attached hydrogens (tertiary/aromatic N) is 3. The minimum Gasteiger partial charge on any atom is -0.334 e. The average molecular weight is 488 g/mol. The number of rotatable bonds is 6. The number of pyridine rings is 1. The minimum atomic E-state index is -0.400. The summed E-state index contributed by atoms with van der Waals surface area (Å²) in [5.74, 6) is -0.688. The average Bonchev–Trinajstić information content (AvgIpc) is 3.29. The molecule has 2 amide bonds. The van der Waals surface area contributed by atoms with E-state index in [2.05, 4.69) is 36.3 Å². The lowest BCUT2D eigenvalue weighted by Crippen LogP contribution is -2.45. The summed E-state index contributed by atoms with van der Waals surface area (Å²) >= 11 is 4.86. The van der Waals surface area contributed by atoms with Gasteiger partial charge in [0.25, 0.3) is 5.91 Å². The molecule has 0 aliphatic carbocycles. The summed E-state index contributed by atoms with van der Waals surface area (Å²) in [7, 11) is 0. The summed E-state index contributed by atoms with van der Waals surface area (Å²) in [6, 6.07) is 11.1. The largest absolute Gasteiger partial charge is 0.334 e. The number of Topliss-reactive ketones (excluding diaryl/α,β-unsaturated/α-hetero) is 1. The van der Waals surface area contributed by atoms with Crippen LogP contribution in [0.15, 0.2) is 47.1 Å². The van der Waals surface area contributed by atoms with Crippen molar-refractivity contribution in [1.82, 2.24) is 25.4 Å². The summed E-state index contributed by atoms with van der Waals surface area (Å²) in [4.78, 5) is 48.6. The van der Waals surface area contributed by atoms with Crippen LogP contribution in [0, 0.1) is 0 Å². The summed E-state index contributed by atoms with van der Waals surface area (Å²) in [6.07, 6.45) is 1.51. The third-order valence-electron chi connectivity index (χ3n) is 4.65. The molecule has 2 N–H and O–H groups in total. The third kappa shape index (κ3) is 4.24. The van der Waals surface area contributed by atoms with Crippen molar-refractivity contribution in [3.63, 3.8) is 0 Å². The number of ketones is 1. The van der Waals surface area contributed by atoms with Gasteiger partial charge in [-0.3, -0.25) is 19.8 Å². The number of aromatic amines is 1. The molecular weight excluding hydrogens is 470 g/mol. The lowest BCUT2D eigenvalue weighted by Gasteiger charge is -2.24. The molecular formula is C20H18BrN5O3S. The Labute approximate surface area is 184 Å². The maximum absolute atomic E-state index is 12.5. The first-order chi connectivity index (χ1) is 14.4. The molecule has 2 aromatic heterocycles. The van der Waals surface area contributed by atoms with E-state index in [9.17, 15) is 14.4 Å². The first-order valence-corrected chi connectivity index (χ1v) is 11.0. The number of fused-ring (bicyclic) bond motifs is 1. The summed E-state index contributed by atoms with van der Waals surface area (Å²) in [5, 5.41) is 0.765. The molecule has 2 atom stereocenters. The molecule has 3 heterocycles. The molecule has 8 nitrogen and oxygen atoms in total. The van der Waals surface area contributed by atoms with E-state index in [1.807, 2.05) is 31.2 Å². The van der Waals surface area contributed by atoms with Crippen LogP contribution in [0.5, 0.6) is 0 Å². The number of imidazole rings is 1. The van der Waals surface area contributed by atoms with Gasteiger partial charge >= 0.3 is 0 Å². The van der Waals surface area contributed by atoms with Crippen molar-refractivity contribution in [2.45, 2.75) is 30.4 Å². The first-order valence-electron chi connectivity index (χ1n) is 9.30. The number of carbonyl (C=O) groups excluding carboxylic acids is 3. The molecule has 4 rings (SSSR count). The molecule has 0 saturated carbocycles. The van der Waals surface area contributed by atoms with E-state index in [1.165, 1.54) is 16.8 Å². The van der Waals surface area contributed by atoms with Crippen molar-refractivity contribution in [1.29, 1.82) is 0 Å². The van der Waals surface area contributed by atoms with Crippen molar-refractivity contribution < 1.29 is 14.4 Å². The van der Waals surface area contributed by atoms with E-state index < -0.39 is 5.91 Å². The summed E-state index contributed by atoms with van der Waals surface area (Å²) in [5.41, 5.74) is 4.70. The molecule has 0 bridgehead atoms. The highest BCUT2D eigenvalue weighted by molar-refractivity contribution is 9.10. The fourth-order valence-electron chi connectivity index (χ4n) is 3.11. The smallest absolute Gasteiger partial charge is 0.255 e. The SMILES string of the molecule is CC1SC(c2ccc(Br)cc2)N(NC(=O)CCC(=O)c2nc3ncccc3[nH]2)C1=O. The maximum Gasteiger partial charge on any atom is 0.255 e. The molecule has 1 aromatic carbocycles. The fraction of sp³-hybridized carbons (Fsp3) is 0.250. The van der Waals surface area contributed by atoms with Gasteiger partial charge < -0.3 is 4.98 Å². The third-order valence-corrected chi connectivity index (χ3v) is 6.53. The van der Waals surface area contributed by atoms with Gasteiger partial charge in [0.1, 0.15) is 5.37 Å². The Kier molecular flexibility index (Phi) is 5.87. The van der Waals surface area contributed by atoms with Crippen molar-refractivity contribution in [3.05, 3.63) is 58.5 Å². The second-order valence-electron chi connectivity index (χ2n) is 6.81. The first kappa shape index (κ1) is 20.5. The Morgan fingerprint density at radius 1 is 1.23 bits per heavy atom. The second kappa shape index (κ2) is 8.57. The number of hydrogen-bond acceptors (Lipinski definition) is 6. The number of aromatic nitrogens is 3. The van der Waals surface area contributed by atoms with Crippen LogP contribution in [0.3, 0.4) is 0 Å². The lowest BCUT2D eigenvalue weighted by molar-refractivity contribution is -0.140. The van der Waals surface area contributed by atoms with E-state index >= 15 is 0 Å². The number of H-pyrrole nitrogens is 1. The number of thioether (sulfide) groups is 1. The van der Waals surface area contributed by atoms with E-state index in [-0.39, 0.29) is 41.0 Å². The highest BCUT2D eigenvalue weighted by Crippen LogP contribution is 2.41. The number of hydrogen-bond donors (Lipinski definition) is 2. The predicted octanol–water partition coefficient (Wildman–Crippen LogP) is 3.38. The van der Waals surface area contributed by atoms with Crippen LogP contribution in [0.2, 0.25) is 0 Å². The van der Waals surface area contributed by atoms with E-state index in [4.69, 9.17) is 0 Å². The zero-order valence-corrected chi connectivity index (χ0v) is 18.4. The molecule has 1 saturated heterocycles. The van der Waals surface area contributed by atoms with E-state index in [0.29, 0.717) is 11.2 Å². The quantitative estimate of drug-likeness (QED) is 0.516. The van der Waals surface area contributed by atoms with Gasteiger partial charge in [0.05, 0.1) is 10.8 Å². The number of halogens is 1.